The van der Waals surface area contributed by atoms with Crippen LogP contribution in [0.4, 0.5) is 10.1 Å². The van der Waals surface area contributed by atoms with Crippen molar-refractivity contribution in [2.75, 3.05) is 11.4 Å². The lowest BCUT2D eigenvalue weighted by Crippen LogP contribution is -2.33. The molecule has 0 aliphatic heterocycles. The van der Waals surface area contributed by atoms with E-state index in [4.69, 9.17) is 11.1 Å². The predicted octanol–water partition coefficient (Wildman–Crippen LogP) is 2.73. The number of nitrogen functional groups attached to an aromatic ring is 1. The maximum absolute atomic E-state index is 14.1. The van der Waals surface area contributed by atoms with Crippen molar-refractivity contribution in [2.45, 2.75) is 32.7 Å². The van der Waals surface area contributed by atoms with Crippen LogP contribution >= 0.6 is 0 Å². The third-order valence-corrected chi connectivity index (χ3v) is 3.34. The highest BCUT2D eigenvalue weighted by Gasteiger charge is 2.26. The van der Waals surface area contributed by atoms with Gasteiger partial charge in [-0.3, -0.25) is 5.41 Å². The average molecular weight is 249 g/mol. The molecule has 1 aliphatic carbocycles. The molecule has 0 unspecified atom stereocenters. The Morgan fingerprint density at radius 2 is 2.17 bits per heavy atom. The number of amidine groups is 1. The summed E-state index contributed by atoms with van der Waals surface area (Å²) in [4.78, 5) is 2.09. The molecule has 1 fully saturated rings. The van der Waals surface area contributed by atoms with E-state index in [9.17, 15) is 4.39 Å². The van der Waals surface area contributed by atoms with Crippen molar-refractivity contribution in [2.24, 2.45) is 11.7 Å². The smallest absolute Gasteiger partial charge is 0.147 e. The molecule has 0 bridgehead atoms. The molecular formula is C14H20FN3. The van der Waals surface area contributed by atoms with Gasteiger partial charge in [0.05, 0.1) is 5.69 Å². The predicted molar refractivity (Wildman–Crippen MR) is 72.6 cm³/mol. The van der Waals surface area contributed by atoms with Crippen LogP contribution in [0.15, 0.2) is 18.2 Å². The molecule has 0 amide bonds. The van der Waals surface area contributed by atoms with Crippen LogP contribution < -0.4 is 10.6 Å². The molecule has 98 valence electrons. The first-order valence-electron chi connectivity index (χ1n) is 6.39. The first-order valence-corrected chi connectivity index (χ1v) is 6.39. The standard InChI is InChI=1S/C14H20FN3/c1-9(2)18(8-10-3-4-10)13-6-5-11(14(16)17)7-12(13)15/h5-7,9-10H,3-4,8H2,1-2H3,(H3,16,17). The first-order chi connectivity index (χ1) is 8.49. The third kappa shape index (κ3) is 2.81. The van der Waals surface area contributed by atoms with Crippen LogP contribution in [0.25, 0.3) is 0 Å². The number of halogens is 1. The Labute approximate surface area is 107 Å². The van der Waals surface area contributed by atoms with Crippen molar-refractivity contribution in [1.29, 1.82) is 5.41 Å². The van der Waals surface area contributed by atoms with Crippen LogP contribution in [0.2, 0.25) is 0 Å². The molecule has 3 nitrogen and oxygen atoms in total. The second kappa shape index (κ2) is 4.96. The molecule has 1 aliphatic rings. The highest BCUT2D eigenvalue weighted by atomic mass is 19.1. The summed E-state index contributed by atoms with van der Waals surface area (Å²) in [6.45, 7) is 5.05. The van der Waals surface area contributed by atoms with Gasteiger partial charge >= 0.3 is 0 Å². The summed E-state index contributed by atoms with van der Waals surface area (Å²) in [5.74, 6) is 0.315. The maximum atomic E-state index is 14.1. The third-order valence-electron chi connectivity index (χ3n) is 3.34. The van der Waals surface area contributed by atoms with Gasteiger partial charge < -0.3 is 10.6 Å². The summed E-state index contributed by atoms with van der Waals surface area (Å²) < 4.78 is 14.1. The van der Waals surface area contributed by atoms with Crippen molar-refractivity contribution < 1.29 is 4.39 Å². The second-order valence-corrected chi connectivity index (χ2v) is 5.27. The lowest BCUT2D eigenvalue weighted by molar-refractivity contribution is 0.588. The van der Waals surface area contributed by atoms with Crippen molar-refractivity contribution in [3.8, 4) is 0 Å². The van der Waals surface area contributed by atoms with Crippen LogP contribution in [0.5, 0.6) is 0 Å². The summed E-state index contributed by atoms with van der Waals surface area (Å²) in [7, 11) is 0. The van der Waals surface area contributed by atoms with E-state index in [1.165, 1.54) is 18.9 Å². The molecule has 2 rings (SSSR count). The van der Waals surface area contributed by atoms with Crippen molar-refractivity contribution in [3.63, 3.8) is 0 Å². The van der Waals surface area contributed by atoms with E-state index in [0.717, 1.165) is 6.54 Å². The summed E-state index contributed by atoms with van der Waals surface area (Å²) in [6.07, 6.45) is 2.49. The topological polar surface area (TPSA) is 53.1 Å². The molecule has 1 aromatic rings. The molecule has 0 heterocycles. The quantitative estimate of drug-likeness (QED) is 0.622. The largest absolute Gasteiger partial charge is 0.384 e. The Morgan fingerprint density at radius 3 is 2.61 bits per heavy atom. The summed E-state index contributed by atoms with van der Waals surface area (Å²) in [5.41, 5.74) is 6.41. The van der Waals surface area contributed by atoms with Crippen LogP contribution in [-0.4, -0.2) is 18.4 Å². The van der Waals surface area contributed by atoms with Gasteiger partial charge in [-0.25, -0.2) is 4.39 Å². The van der Waals surface area contributed by atoms with Crippen molar-refractivity contribution in [3.05, 3.63) is 29.6 Å². The number of rotatable bonds is 5. The molecule has 0 spiro atoms. The van der Waals surface area contributed by atoms with Gasteiger partial charge in [0, 0.05) is 18.2 Å². The minimum Gasteiger partial charge on any atom is -0.384 e. The number of hydrogen-bond donors (Lipinski definition) is 2. The summed E-state index contributed by atoms with van der Waals surface area (Å²) in [6, 6.07) is 5.06. The second-order valence-electron chi connectivity index (χ2n) is 5.27. The zero-order valence-corrected chi connectivity index (χ0v) is 10.9. The highest BCUT2D eigenvalue weighted by Crippen LogP contribution is 2.33. The zero-order valence-electron chi connectivity index (χ0n) is 10.9. The number of nitrogens with one attached hydrogen (secondary N) is 1. The van der Waals surface area contributed by atoms with E-state index in [0.29, 0.717) is 17.2 Å². The molecule has 3 N–H and O–H groups in total. The van der Waals surface area contributed by atoms with Gasteiger partial charge in [-0.1, -0.05) is 0 Å². The van der Waals surface area contributed by atoms with E-state index in [-0.39, 0.29) is 17.7 Å². The molecule has 0 radical (unpaired) electrons. The number of nitrogens with zero attached hydrogens (tertiary/aromatic N) is 1. The Balaban J connectivity index is 2.26. The van der Waals surface area contributed by atoms with Gasteiger partial charge in [0.1, 0.15) is 11.7 Å². The number of hydrogen-bond acceptors (Lipinski definition) is 2. The fraction of sp³-hybridized carbons (Fsp3) is 0.500. The Kier molecular flexibility index (Phi) is 3.55. The van der Waals surface area contributed by atoms with Crippen LogP contribution in [0.3, 0.4) is 0 Å². The molecule has 1 aromatic carbocycles. The van der Waals surface area contributed by atoms with E-state index >= 15 is 0 Å². The molecule has 0 atom stereocenters. The average Bonchev–Trinajstić information content (AvgIpc) is 3.09. The van der Waals surface area contributed by atoms with Gasteiger partial charge in [0.15, 0.2) is 0 Å². The number of anilines is 1. The SMILES string of the molecule is CC(C)N(CC1CC1)c1ccc(C(=N)N)cc1F. The van der Waals surface area contributed by atoms with Gasteiger partial charge in [0.2, 0.25) is 0 Å². The minimum atomic E-state index is -0.294. The fourth-order valence-electron chi connectivity index (χ4n) is 2.07. The van der Waals surface area contributed by atoms with E-state index in [2.05, 4.69) is 18.7 Å². The Bertz CT molecular complexity index is 452. The molecule has 18 heavy (non-hydrogen) atoms. The van der Waals surface area contributed by atoms with Crippen molar-refractivity contribution in [1.82, 2.24) is 0 Å². The number of nitrogens with two attached hydrogens (primary N) is 1. The van der Waals surface area contributed by atoms with Gasteiger partial charge in [0.25, 0.3) is 0 Å². The van der Waals surface area contributed by atoms with Crippen LogP contribution in [-0.2, 0) is 0 Å². The van der Waals surface area contributed by atoms with Crippen LogP contribution in [0, 0.1) is 17.1 Å². The van der Waals surface area contributed by atoms with Gasteiger partial charge in [-0.15, -0.1) is 0 Å². The van der Waals surface area contributed by atoms with Crippen molar-refractivity contribution >= 4 is 11.5 Å². The highest BCUT2D eigenvalue weighted by molar-refractivity contribution is 5.95. The van der Waals surface area contributed by atoms with E-state index in [1.807, 2.05) is 0 Å². The molecule has 0 saturated heterocycles. The van der Waals surface area contributed by atoms with E-state index < -0.39 is 0 Å². The van der Waals surface area contributed by atoms with Crippen LogP contribution in [0.1, 0.15) is 32.3 Å². The lowest BCUT2D eigenvalue weighted by atomic mass is 10.1. The molecular weight excluding hydrogens is 229 g/mol. The normalized spacial score (nSPS) is 14.9. The Morgan fingerprint density at radius 1 is 1.50 bits per heavy atom. The molecule has 0 aromatic heterocycles. The fourth-order valence-corrected chi connectivity index (χ4v) is 2.07. The zero-order chi connectivity index (χ0) is 13.3. The van der Waals surface area contributed by atoms with Gasteiger partial charge in [-0.05, 0) is 50.8 Å². The lowest BCUT2D eigenvalue weighted by Gasteiger charge is -2.29. The maximum Gasteiger partial charge on any atom is 0.147 e. The molecule has 4 heteroatoms. The number of benzene rings is 1. The molecule has 1 saturated carbocycles. The summed E-state index contributed by atoms with van der Waals surface area (Å²) >= 11 is 0. The summed E-state index contributed by atoms with van der Waals surface area (Å²) in [5, 5.41) is 7.31. The Hall–Kier alpha value is -1.58. The monoisotopic (exact) mass is 249 g/mol. The first kappa shape index (κ1) is 12.9. The minimum absolute atomic E-state index is 0.0984. The van der Waals surface area contributed by atoms with E-state index in [1.54, 1.807) is 12.1 Å². The van der Waals surface area contributed by atoms with Gasteiger partial charge in [-0.2, -0.15) is 0 Å².